The fourth-order valence-corrected chi connectivity index (χ4v) is 3.20. The van der Waals surface area contributed by atoms with Gasteiger partial charge < -0.3 is 4.74 Å². The molecule has 2 rings (SSSR count). The van der Waals surface area contributed by atoms with Crippen LogP contribution in [0.4, 0.5) is 4.79 Å². The number of carbonyl (C=O) groups excluding carboxylic acids is 4. The van der Waals surface area contributed by atoms with Crippen LogP contribution in [0, 0.1) is 0 Å². The summed E-state index contributed by atoms with van der Waals surface area (Å²) in [6.45, 7) is 2.50. The standard InChI is InChI=1S/C20H26N2O5/c1-2-3-4-8-14-27-16(23)12-9-13-20(15-10-6-5-7-11-15)17(24)21-19(26)22-18(20)25/h5-7,10-11H,2-4,8-9,12-14H2,1H3,(H2,21,22,24,25,26). The number of urea groups is 1. The average molecular weight is 374 g/mol. The minimum atomic E-state index is -1.53. The third-order valence-corrected chi connectivity index (χ3v) is 4.69. The molecule has 0 radical (unpaired) electrons. The van der Waals surface area contributed by atoms with Crippen LogP contribution < -0.4 is 10.6 Å². The predicted molar refractivity (Wildman–Crippen MR) is 98.8 cm³/mol. The van der Waals surface area contributed by atoms with Crippen LogP contribution >= 0.6 is 0 Å². The maximum Gasteiger partial charge on any atom is 0.328 e. The molecular weight excluding hydrogens is 348 g/mol. The summed E-state index contributed by atoms with van der Waals surface area (Å²) in [6.07, 6.45) is 4.58. The molecule has 146 valence electrons. The Labute approximate surface area is 158 Å². The van der Waals surface area contributed by atoms with E-state index < -0.39 is 23.3 Å². The maximum atomic E-state index is 12.6. The second-order valence-corrected chi connectivity index (χ2v) is 6.64. The highest BCUT2D eigenvalue weighted by Crippen LogP contribution is 2.32. The number of barbiturate groups is 1. The summed E-state index contributed by atoms with van der Waals surface area (Å²) in [7, 11) is 0. The van der Waals surface area contributed by atoms with E-state index in [2.05, 4.69) is 17.6 Å². The molecule has 1 aromatic rings. The van der Waals surface area contributed by atoms with Gasteiger partial charge in [-0.3, -0.25) is 25.0 Å². The van der Waals surface area contributed by atoms with Crippen LogP contribution in [0.5, 0.6) is 0 Å². The smallest absolute Gasteiger partial charge is 0.328 e. The van der Waals surface area contributed by atoms with Crippen LogP contribution in [-0.4, -0.2) is 30.4 Å². The molecule has 0 spiro atoms. The zero-order chi connectivity index (χ0) is 19.7. The summed E-state index contributed by atoms with van der Waals surface area (Å²) in [4.78, 5) is 48.5. The Hall–Kier alpha value is -2.70. The van der Waals surface area contributed by atoms with Gasteiger partial charge >= 0.3 is 12.0 Å². The summed E-state index contributed by atoms with van der Waals surface area (Å²) in [5.74, 6) is -1.69. The van der Waals surface area contributed by atoms with Crippen molar-refractivity contribution in [1.82, 2.24) is 10.6 Å². The molecule has 1 aromatic carbocycles. The van der Waals surface area contributed by atoms with Crippen molar-refractivity contribution in [1.29, 1.82) is 0 Å². The SMILES string of the molecule is CCCCCCOC(=O)CCCC1(c2ccccc2)C(=O)NC(=O)NC1=O. The molecule has 0 atom stereocenters. The Morgan fingerprint density at radius 1 is 0.963 bits per heavy atom. The van der Waals surface area contributed by atoms with Crippen LogP contribution in [0.1, 0.15) is 57.4 Å². The Morgan fingerprint density at radius 2 is 1.63 bits per heavy atom. The van der Waals surface area contributed by atoms with E-state index in [-0.39, 0.29) is 25.2 Å². The number of hydrogen-bond donors (Lipinski definition) is 2. The van der Waals surface area contributed by atoms with Gasteiger partial charge in [0.25, 0.3) is 0 Å². The molecular formula is C20H26N2O5. The lowest BCUT2D eigenvalue weighted by atomic mass is 9.73. The van der Waals surface area contributed by atoms with Gasteiger partial charge in [-0.2, -0.15) is 0 Å². The third-order valence-electron chi connectivity index (χ3n) is 4.69. The average Bonchev–Trinajstić information content (AvgIpc) is 2.64. The van der Waals surface area contributed by atoms with Crippen molar-refractivity contribution in [3.63, 3.8) is 0 Å². The molecule has 0 unspecified atom stereocenters. The first kappa shape index (κ1) is 20.6. The van der Waals surface area contributed by atoms with Gasteiger partial charge in [0.1, 0.15) is 0 Å². The molecule has 1 saturated heterocycles. The molecule has 1 aliphatic rings. The third kappa shape index (κ3) is 5.15. The van der Waals surface area contributed by atoms with Gasteiger partial charge in [0.05, 0.1) is 6.61 Å². The van der Waals surface area contributed by atoms with Crippen molar-refractivity contribution < 1.29 is 23.9 Å². The van der Waals surface area contributed by atoms with Gasteiger partial charge in [-0.15, -0.1) is 0 Å². The summed E-state index contributed by atoms with van der Waals surface area (Å²) in [5, 5.41) is 4.33. The molecule has 27 heavy (non-hydrogen) atoms. The molecule has 0 aliphatic carbocycles. The lowest BCUT2D eigenvalue weighted by molar-refractivity contribution is -0.145. The topological polar surface area (TPSA) is 102 Å². The number of ether oxygens (including phenoxy) is 1. The van der Waals surface area contributed by atoms with Crippen molar-refractivity contribution in [2.45, 2.75) is 57.3 Å². The number of unbranched alkanes of at least 4 members (excludes halogenated alkanes) is 3. The molecule has 2 N–H and O–H groups in total. The van der Waals surface area contributed by atoms with E-state index in [0.29, 0.717) is 12.2 Å². The molecule has 0 saturated carbocycles. The van der Waals surface area contributed by atoms with Crippen molar-refractivity contribution >= 4 is 23.8 Å². The molecule has 0 aromatic heterocycles. The fourth-order valence-electron chi connectivity index (χ4n) is 3.20. The number of nitrogens with one attached hydrogen (secondary N) is 2. The monoisotopic (exact) mass is 374 g/mol. The molecule has 1 heterocycles. The minimum absolute atomic E-state index is 0.104. The summed E-state index contributed by atoms with van der Waals surface area (Å²) in [6, 6.07) is 7.72. The highest BCUT2D eigenvalue weighted by atomic mass is 16.5. The van der Waals surface area contributed by atoms with Gasteiger partial charge in [-0.1, -0.05) is 56.5 Å². The highest BCUT2D eigenvalue weighted by Gasteiger charge is 2.51. The Bertz CT molecular complexity index is 667. The van der Waals surface area contributed by atoms with Crippen LogP contribution in [0.2, 0.25) is 0 Å². The van der Waals surface area contributed by atoms with Crippen LogP contribution in [0.15, 0.2) is 30.3 Å². The van der Waals surface area contributed by atoms with Crippen molar-refractivity contribution in [3.8, 4) is 0 Å². The van der Waals surface area contributed by atoms with E-state index in [9.17, 15) is 19.2 Å². The van der Waals surface area contributed by atoms with Gasteiger partial charge in [0.15, 0.2) is 5.41 Å². The van der Waals surface area contributed by atoms with Crippen molar-refractivity contribution in [2.75, 3.05) is 6.61 Å². The number of carbonyl (C=O) groups is 4. The molecule has 7 heteroatoms. The van der Waals surface area contributed by atoms with Gasteiger partial charge in [-0.05, 0) is 24.8 Å². The van der Waals surface area contributed by atoms with Gasteiger partial charge in [0, 0.05) is 6.42 Å². The second-order valence-electron chi connectivity index (χ2n) is 6.64. The van der Waals surface area contributed by atoms with E-state index in [0.717, 1.165) is 25.7 Å². The molecule has 1 aliphatic heterocycles. The van der Waals surface area contributed by atoms with Crippen molar-refractivity contribution in [2.24, 2.45) is 0 Å². The Balaban J connectivity index is 1.98. The van der Waals surface area contributed by atoms with Crippen LogP contribution in [-0.2, 0) is 24.5 Å². The van der Waals surface area contributed by atoms with Crippen molar-refractivity contribution in [3.05, 3.63) is 35.9 Å². The normalized spacial score (nSPS) is 15.8. The number of benzene rings is 1. The van der Waals surface area contributed by atoms with E-state index in [1.807, 2.05) is 0 Å². The molecule has 0 bridgehead atoms. The molecule has 4 amide bonds. The van der Waals surface area contributed by atoms with E-state index in [4.69, 9.17) is 4.74 Å². The molecule has 7 nitrogen and oxygen atoms in total. The maximum absolute atomic E-state index is 12.6. The fraction of sp³-hybridized carbons (Fsp3) is 0.500. The molecule has 1 fully saturated rings. The number of imide groups is 2. The minimum Gasteiger partial charge on any atom is -0.466 e. The first-order chi connectivity index (χ1) is 13.0. The van der Waals surface area contributed by atoms with E-state index in [1.54, 1.807) is 30.3 Å². The lowest BCUT2D eigenvalue weighted by Gasteiger charge is -2.34. The van der Waals surface area contributed by atoms with Crippen LogP contribution in [0.25, 0.3) is 0 Å². The largest absolute Gasteiger partial charge is 0.466 e. The predicted octanol–water partition coefficient (Wildman–Crippen LogP) is 2.58. The zero-order valence-corrected chi connectivity index (χ0v) is 15.6. The number of hydrogen-bond acceptors (Lipinski definition) is 5. The first-order valence-electron chi connectivity index (χ1n) is 9.38. The van der Waals surface area contributed by atoms with E-state index in [1.165, 1.54) is 0 Å². The quantitative estimate of drug-likeness (QED) is 0.372. The summed E-state index contributed by atoms with van der Waals surface area (Å²) >= 11 is 0. The summed E-state index contributed by atoms with van der Waals surface area (Å²) in [5.41, 5.74) is -1.04. The lowest BCUT2D eigenvalue weighted by Crippen LogP contribution is -2.64. The Kier molecular flexibility index (Phi) is 7.52. The number of esters is 1. The first-order valence-corrected chi connectivity index (χ1v) is 9.38. The van der Waals surface area contributed by atoms with E-state index >= 15 is 0 Å². The Morgan fingerprint density at radius 3 is 2.26 bits per heavy atom. The number of rotatable bonds is 10. The number of amides is 4. The highest BCUT2D eigenvalue weighted by molar-refractivity contribution is 6.22. The summed E-state index contributed by atoms with van der Waals surface area (Å²) < 4.78 is 5.19. The van der Waals surface area contributed by atoms with Gasteiger partial charge in [0.2, 0.25) is 11.8 Å². The van der Waals surface area contributed by atoms with Crippen LogP contribution in [0.3, 0.4) is 0 Å². The second kappa shape index (κ2) is 9.85. The zero-order valence-electron chi connectivity index (χ0n) is 15.6. The van der Waals surface area contributed by atoms with Gasteiger partial charge in [-0.25, -0.2) is 4.79 Å².